The van der Waals surface area contributed by atoms with E-state index in [0.29, 0.717) is 16.6 Å². The first-order valence-electron chi connectivity index (χ1n) is 6.66. The summed E-state index contributed by atoms with van der Waals surface area (Å²) in [7, 11) is 0. The van der Waals surface area contributed by atoms with Crippen molar-refractivity contribution in [2.75, 3.05) is 6.54 Å². The summed E-state index contributed by atoms with van der Waals surface area (Å²) in [6, 6.07) is 1.05. The van der Waals surface area contributed by atoms with Crippen molar-refractivity contribution in [1.82, 2.24) is 15.1 Å². The van der Waals surface area contributed by atoms with Gasteiger partial charge in [-0.3, -0.25) is 4.90 Å². The van der Waals surface area contributed by atoms with Crippen molar-refractivity contribution < 1.29 is 0 Å². The average molecular weight is 289 g/mol. The highest BCUT2D eigenvalue weighted by Crippen LogP contribution is 2.25. The maximum absolute atomic E-state index is 5.97. The SMILES string of the molecule is CCCN(Cc1nnc(Cl)s1)C1CCC(N)CC1. The molecule has 1 saturated carbocycles. The van der Waals surface area contributed by atoms with E-state index < -0.39 is 0 Å². The highest BCUT2D eigenvalue weighted by atomic mass is 35.5. The van der Waals surface area contributed by atoms with Crippen LogP contribution in [-0.2, 0) is 6.54 Å². The van der Waals surface area contributed by atoms with Crippen LogP contribution >= 0.6 is 22.9 Å². The third-order valence-electron chi connectivity index (χ3n) is 3.55. The van der Waals surface area contributed by atoms with Crippen LogP contribution in [-0.4, -0.2) is 33.7 Å². The Kier molecular flexibility index (Phi) is 5.36. The minimum absolute atomic E-state index is 0.403. The summed E-state index contributed by atoms with van der Waals surface area (Å²) >= 11 is 7.32. The monoisotopic (exact) mass is 288 g/mol. The molecular weight excluding hydrogens is 268 g/mol. The molecule has 6 heteroatoms. The highest BCUT2D eigenvalue weighted by Gasteiger charge is 2.24. The van der Waals surface area contributed by atoms with Gasteiger partial charge in [0.05, 0.1) is 6.54 Å². The third kappa shape index (κ3) is 3.88. The van der Waals surface area contributed by atoms with Gasteiger partial charge in [-0.15, -0.1) is 10.2 Å². The van der Waals surface area contributed by atoms with Gasteiger partial charge in [-0.25, -0.2) is 0 Å². The second-order valence-electron chi connectivity index (χ2n) is 4.99. The fourth-order valence-corrected chi connectivity index (χ4v) is 3.51. The molecule has 0 aliphatic heterocycles. The van der Waals surface area contributed by atoms with E-state index >= 15 is 0 Å². The number of hydrogen-bond donors (Lipinski definition) is 1. The van der Waals surface area contributed by atoms with Gasteiger partial charge in [-0.2, -0.15) is 0 Å². The quantitative estimate of drug-likeness (QED) is 0.905. The Hall–Kier alpha value is -0.230. The Morgan fingerprint density at radius 2 is 2.06 bits per heavy atom. The van der Waals surface area contributed by atoms with Gasteiger partial charge in [0.2, 0.25) is 4.47 Å². The van der Waals surface area contributed by atoms with Crippen LogP contribution in [0.3, 0.4) is 0 Å². The molecule has 2 N–H and O–H groups in total. The summed E-state index contributed by atoms with van der Waals surface area (Å²) in [6.07, 6.45) is 5.85. The van der Waals surface area contributed by atoms with Gasteiger partial charge in [0.15, 0.2) is 0 Å². The molecule has 0 bridgehead atoms. The van der Waals surface area contributed by atoms with E-state index in [2.05, 4.69) is 22.0 Å². The predicted molar refractivity (Wildman–Crippen MR) is 75.9 cm³/mol. The first-order valence-corrected chi connectivity index (χ1v) is 7.86. The Morgan fingerprint density at radius 1 is 1.33 bits per heavy atom. The van der Waals surface area contributed by atoms with Gasteiger partial charge in [-0.1, -0.05) is 18.3 Å². The van der Waals surface area contributed by atoms with Gasteiger partial charge < -0.3 is 5.73 Å². The van der Waals surface area contributed by atoms with Crippen molar-refractivity contribution in [3.8, 4) is 0 Å². The fraction of sp³-hybridized carbons (Fsp3) is 0.833. The molecule has 1 aliphatic carbocycles. The first kappa shape index (κ1) is 14.2. The molecule has 0 amide bonds. The minimum Gasteiger partial charge on any atom is -0.328 e. The van der Waals surface area contributed by atoms with E-state index in [1.165, 1.54) is 24.2 Å². The summed E-state index contributed by atoms with van der Waals surface area (Å²) in [6.45, 7) is 4.20. The second kappa shape index (κ2) is 6.80. The summed E-state index contributed by atoms with van der Waals surface area (Å²) in [5, 5.41) is 9.01. The number of nitrogens with zero attached hydrogens (tertiary/aromatic N) is 3. The van der Waals surface area contributed by atoms with Crippen LogP contribution in [0.5, 0.6) is 0 Å². The topological polar surface area (TPSA) is 55.0 Å². The van der Waals surface area contributed by atoms with Gasteiger partial charge in [0.1, 0.15) is 5.01 Å². The maximum atomic E-state index is 5.97. The summed E-state index contributed by atoms with van der Waals surface area (Å²) in [5.74, 6) is 0. The Bertz CT molecular complexity index is 363. The number of hydrogen-bond acceptors (Lipinski definition) is 5. The standard InChI is InChI=1S/C12H21ClN4S/c1-2-7-17(8-11-15-16-12(13)18-11)10-5-3-9(14)4-6-10/h9-10H,2-8,14H2,1H3. The van der Waals surface area contributed by atoms with Crippen LogP contribution in [0.2, 0.25) is 4.47 Å². The zero-order chi connectivity index (χ0) is 13.0. The summed E-state index contributed by atoms with van der Waals surface area (Å²) < 4.78 is 0.534. The summed E-state index contributed by atoms with van der Waals surface area (Å²) in [5.41, 5.74) is 5.97. The largest absolute Gasteiger partial charge is 0.328 e. The predicted octanol–water partition coefficient (Wildman–Crippen LogP) is 2.67. The molecule has 18 heavy (non-hydrogen) atoms. The first-order chi connectivity index (χ1) is 8.69. The van der Waals surface area contributed by atoms with Crippen molar-refractivity contribution in [2.45, 2.75) is 57.7 Å². The lowest BCUT2D eigenvalue weighted by atomic mass is 9.90. The second-order valence-corrected chi connectivity index (χ2v) is 6.63. The molecule has 0 unspecified atom stereocenters. The lowest BCUT2D eigenvalue weighted by molar-refractivity contribution is 0.141. The number of rotatable bonds is 5. The lowest BCUT2D eigenvalue weighted by Crippen LogP contribution is -2.40. The van der Waals surface area contributed by atoms with E-state index in [1.807, 2.05) is 0 Å². The minimum atomic E-state index is 0.403. The number of halogens is 1. The molecule has 0 aromatic carbocycles. The molecule has 1 aromatic rings. The normalized spacial score (nSPS) is 24.7. The van der Waals surface area contributed by atoms with Crippen LogP contribution in [0.1, 0.15) is 44.0 Å². The molecule has 1 fully saturated rings. The smallest absolute Gasteiger partial charge is 0.207 e. The zero-order valence-corrected chi connectivity index (χ0v) is 12.4. The zero-order valence-electron chi connectivity index (χ0n) is 10.8. The molecule has 1 heterocycles. The van der Waals surface area contributed by atoms with Crippen molar-refractivity contribution in [2.24, 2.45) is 5.73 Å². The van der Waals surface area contributed by atoms with E-state index in [9.17, 15) is 0 Å². The molecule has 102 valence electrons. The average Bonchev–Trinajstić information content (AvgIpc) is 2.75. The van der Waals surface area contributed by atoms with Crippen molar-refractivity contribution in [1.29, 1.82) is 0 Å². The maximum Gasteiger partial charge on any atom is 0.207 e. The van der Waals surface area contributed by atoms with Crippen LogP contribution in [0, 0.1) is 0 Å². The van der Waals surface area contributed by atoms with Crippen molar-refractivity contribution in [3.05, 3.63) is 9.47 Å². The molecule has 0 saturated heterocycles. The molecule has 0 spiro atoms. The van der Waals surface area contributed by atoms with Crippen LogP contribution in [0.15, 0.2) is 0 Å². The number of aromatic nitrogens is 2. The lowest BCUT2D eigenvalue weighted by Gasteiger charge is -2.35. The van der Waals surface area contributed by atoms with Crippen LogP contribution in [0.25, 0.3) is 0 Å². The molecule has 4 nitrogen and oxygen atoms in total. The molecule has 0 atom stereocenters. The van der Waals surface area contributed by atoms with Crippen LogP contribution < -0.4 is 5.73 Å². The van der Waals surface area contributed by atoms with Gasteiger partial charge in [0, 0.05) is 12.1 Å². The van der Waals surface area contributed by atoms with Gasteiger partial charge in [-0.05, 0) is 50.2 Å². The van der Waals surface area contributed by atoms with E-state index in [1.54, 1.807) is 0 Å². The van der Waals surface area contributed by atoms with Gasteiger partial charge >= 0.3 is 0 Å². The van der Waals surface area contributed by atoms with Crippen LogP contribution in [0.4, 0.5) is 0 Å². The van der Waals surface area contributed by atoms with Crippen molar-refractivity contribution in [3.63, 3.8) is 0 Å². The van der Waals surface area contributed by atoms with Gasteiger partial charge in [0.25, 0.3) is 0 Å². The third-order valence-corrected chi connectivity index (χ3v) is 4.55. The Balaban J connectivity index is 1.94. The van der Waals surface area contributed by atoms with E-state index in [4.69, 9.17) is 17.3 Å². The molecular formula is C12H21ClN4S. The van der Waals surface area contributed by atoms with E-state index in [0.717, 1.165) is 37.4 Å². The van der Waals surface area contributed by atoms with Crippen molar-refractivity contribution >= 4 is 22.9 Å². The number of nitrogens with two attached hydrogens (primary N) is 1. The molecule has 1 aliphatic rings. The molecule has 1 aromatic heterocycles. The highest BCUT2D eigenvalue weighted by molar-refractivity contribution is 7.15. The Labute approximate surface area is 118 Å². The molecule has 0 radical (unpaired) electrons. The molecule has 2 rings (SSSR count). The summed E-state index contributed by atoms with van der Waals surface area (Å²) in [4.78, 5) is 2.52. The van der Waals surface area contributed by atoms with E-state index in [-0.39, 0.29) is 0 Å². The Morgan fingerprint density at radius 3 is 2.61 bits per heavy atom. The fourth-order valence-electron chi connectivity index (χ4n) is 2.62.